The number of carboxylic acid groups (broad SMARTS) is 6. The summed E-state index contributed by atoms with van der Waals surface area (Å²) in [6, 6.07) is 14.5. The van der Waals surface area contributed by atoms with Gasteiger partial charge in [0.2, 0.25) is 0 Å². The second-order valence-corrected chi connectivity index (χ2v) is 8.58. The topological polar surface area (TPSA) is 407 Å². The van der Waals surface area contributed by atoms with Gasteiger partial charge in [-0.15, -0.1) is 0 Å². The minimum Gasteiger partial charge on any atom is -0.507 e. The standard InChI is InChI=1S/C8H6O5.2C8H6O4.Al.3HO3S/c9-5-3-1-2-4(7(10)11)6(5)8(12)13;2*9-7(10)5-3-1-2-4-6(5)8(11)12;;3*1-4(2)3/h1-3,9H,(H,10,11)(H,12,13);2*1-4H,(H,9,10)(H,11,12);;3*(H,1,2,3)/q;;;+3;3*-1. The molecular formula is C24H21AlO22S3. The van der Waals surface area contributed by atoms with Crippen molar-refractivity contribution in [1.82, 2.24) is 0 Å². The maximum Gasteiger partial charge on any atom is 3.00 e. The zero-order valence-electron chi connectivity index (χ0n) is 24.0. The fraction of sp³-hybridized carbons (Fsp3) is 0. The summed E-state index contributed by atoms with van der Waals surface area (Å²) < 4.78 is 72.2. The molecular weight excluding hydrogens is 763 g/mol. The first-order valence-corrected chi connectivity index (χ1v) is 14.3. The van der Waals surface area contributed by atoms with E-state index in [1.165, 1.54) is 54.6 Å². The van der Waals surface area contributed by atoms with Crippen LogP contribution in [0.15, 0.2) is 66.7 Å². The first-order chi connectivity index (χ1) is 22.5. The smallest absolute Gasteiger partial charge is 0.507 e. The first kappa shape index (κ1) is 51.4. The van der Waals surface area contributed by atoms with Gasteiger partial charge in [-0.3, -0.25) is 0 Å². The zero-order chi connectivity index (χ0) is 39.0. The van der Waals surface area contributed by atoms with Gasteiger partial charge in [-0.1, -0.05) is 30.3 Å². The third kappa shape index (κ3) is 24.7. The van der Waals surface area contributed by atoms with E-state index in [0.717, 1.165) is 12.1 Å². The average molecular weight is 785 g/mol. The van der Waals surface area contributed by atoms with Crippen LogP contribution in [0.4, 0.5) is 0 Å². The van der Waals surface area contributed by atoms with Gasteiger partial charge < -0.3 is 74.7 Å². The number of aromatic carboxylic acids is 6. The fourth-order valence-electron chi connectivity index (χ4n) is 2.66. The van der Waals surface area contributed by atoms with Crippen LogP contribution in [0, 0.1) is 0 Å². The molecule has 0 saturated carbocycles. The Labute approximate surface area is 294 Å². The van der Waals surface area contributed by atoms with E-state index in [1.54, 1.807) is 0 Å². The number of carboxylic acids is 6. The van der Waals surface area contributed by atoms with E-state index in [9.17, 15) is 28.8 Å². The number of phenols is 1. The van der Waals surface area contributed by atoms with Crippen LogP contribution in [0.3, 0.4) is 0 Å². The zero-order valence-corrected chi connectivity index (χ0v) is 27.6. The van der Waals surface area contributed by atoms with Gasteiger partial charge in [0.1, 0.15) is 11.3 Å². The molecule has 270 valence electrons. The van der Waals surface area contributed by atoms with Crippen LogP contribution < -0.4 is 0 Å². The summed E-state index contributed by atoms with van der Waals surface area (Å²) >= 11 is 0. The van der Waals surface area contributed by atoms with Gasteiger partial charge in [-0.05, 0) is 36.4 Å². The number of hydrogen-bond donors (Lipinski definition) is 10. The Bertz CT molecular complexity index is 1660. The quantitative estimate of drug-likeness (QED) is 0.0738. The monoisotopic (exact) mass is 784 g/mol. The number of benzene rings is 3. The molecule has 0 aliphatic rings. The van der Waals surface area contributed by atoms with E-state index in [4.69, 9.17) is 74.7 Å². The molecule has 0 heterocycles. The third-order valence-electron chi connectivity index (χ3n) is 4.26. The van der Waals surface area contributed by atoms with Crippen LogP contribution in [0.2, 0.25) is 0 Å². The van der Waals surface area contributed by atoms with Gasteiger partial charge >= 0.3 is 53.2 Å². The molecule has 3 rings (SSSR count). The summed E-state index contributed by atoms with van der Waals surface area (Å²) in [5.41, 5.74) is -1.77. The summed E-state index contributed by atoms with van der Waals surface area (Å²) in [4.78, 5) is 62.9. The van der Waals surface area contributed by atoms with Crippen molar-refractivity contribution < 1.29 is 103 Å². The molecule has 0 spiro atoms. The van der Waals surface area contributed by atoms with Crippen LogP contribution in [-0.4, -0.2) is 103 Å². The van der Waals surface area contributed by atoms with E-state index >= 15 is 0 Å². The molecule has 0 atom stereocenters. The van der Waals surface area contributed by atoms with Crippen molar-refractivity contribution in [3.63, 3.8) is 0 Å². The molecule has 22 nitrogen and oxygen atoms in total. The third-order valence-corrected chi connectivity index (χ3v) is 4.26. The van der Waals surface area contributed by atoms with E-state index in [2.05, 4.69) is 0 Å². The van der Waals surface area contributed by atoms with E-state index in [-0.39, 0.29) is 39.6 Å². The summed E-state index contributed by atoms with van der Waals surface area (Å²) in [7, 11) is -8.58. The molecule has 0 radical (unpaired) electrons. The molecule has 10 N–H and O–H groups in total. The molecule has 0 saturated heterocycles. The molecule has 0 aliphatic heterocycles. The minimum atomic E-state index is -2.86. The molecule has 0 aliphatic carbocycles. The van der Waals surface area contributed by atoms with Crippen molar-refractivity contribution in [2.24, 2.45) is 0 Å². The second kappa shape index (κ2) is 27.5. The second-order valence-electron chi connectivity index (χ2n) is 7.27. The minimum absolute atomic E-state index is 0. The normalized spacial score (nSPS) is 9.00. The molecule has 0 fully saturated rings. The molecule has 0 amide bonds. The Hall–Kier alpha value is -5.46. The van der Waals surface area contributed by atoms with Crippen molar-refractivity contribution in [2.75, 3.05) is 0 Å². The van der Waals surface area contributed by atoms with Gasteiger partial charge in [0.15, 0.2) is 0 Å². The van der Waals surface area contributed by atoms with Crippen LogP contribution in [0.25, 0.3) is 0 Å². The number of aromatic hydroxyl groups is 1. The van der Waals surface area contributed by atoms with Crippen molar-refractivity contribution in [3.8, 4) is 5.75 Å². The maximum absolute atomic E-state index is 10.5. The van der Waals surface area contributed by atoms with Crippen LogP contribution in [0.1, 0.15) is 62.1 Å². The Balaban J connectivity index is -0.000000271. The van der Waals surface area contributed by atoms with Gasteiger partial charge in [0.25, 0.3) is 0 Å². The summed E-state index contributed by atoms with van der Waals surface area (Å²) in [6.45, 7) is 0. The molecule has 26 heteroatoms. The SMILES string of the molecule is O=C(O)c1cccc(O)c1C(=O)O.O=C(O)c1ccccc1C(=O)O.O=C(O)c1ccccc1C(=O)O.O=[S-](=O)O.O=[S-](=O)O.O=[S-](=O)O.[Al+3]. The van der Waals surface area contributed by atoms with Crippen molar-refractivity contribution in [3.05, 3.63) is 100 Å². The van der Waals surface area contributed by atoms with Crippen molar-refractivity contribution >= 4 is 86.1 Å². The van der Waals surface area contributed by atoms with Crippen LogP contribution in [-0.2, 0) is 58.2 Å². The Morgan fingerprint density at radius 3 is 0.740 bits per heavy atom. The van der Waals surface area contributed by atoms with Gasteiger partial charge in [-0.2, -0.15) is 0 Å². The van der Waals surface area contributed by atoms with E-state index < -0.39 is 85.6 Å². The Morgan fingerprint density at radius 1 is 0.380 bits per heavy atom. The largest absolute Gasteiger partial charge is 3.00 e. The molecule has 3 aromatic rings. The Kier molecular flexibility index (Phi) is 28.2. The van der Waals surface area contributed by atoms with E-state index in [0.29, 0.717) is 0 Å². The predicted octanol–water partition coefficient (Wildman–Crippen LogP) is 1.88. The predicted molar refractivity (Wildman–Crippen MR) is 163 cm³/mol. The van der Waals surface area contributed by atoms with Crippen LogP contribution in [0.5, 0.6) is 5.75 Å². The van der Waals surface area contributed by atoms with Gasteiger partial charge in [0.05, 0.1) is 27.8 Å². The number of carbonyl (C=O) groups is 6. The van der Waals surface area contributed by atoms with Crippen LogP contribution >= 0.6 is 0 Å². The number of hydrogen-bond acceptors (Lipinski definition) is 16. The van der Waals surface area contributed by atoms with Gasteiger partial charge in [-0.25, -0.2) is 28.8 Å². The molecule has 0 unspecified atom stereocenters. The average Bonchev–Trinajstić information content (AvgIpc) is 2.96. The number of rotatable bonds is 6. The van der Waals surface area contributed by atoms with Gasteiger partial charge in [0, 0.05) is 33.0 Å². The molecule has 50 heavy (non-hydrogen) atoms. The Morgan fingerprint density at radius 2 is 0.580 bits per heavy atom. The maximum atomic E-state index is 10.5. The van der Waals surface area contributed by atoms with E-state index in [1.807, 2.05) is 0 Å². The van der Waals surface area contributed by atoms with Crippen molar-refractivity contribution in [1.29, 1.82) is 0 Å². The summed E-state index contributed by atoms with van der Waals surface area (Å²) in [5, 5.41) is 60.4. The molecule has 3 aromatic carbocycles. The summed E-state index contributed by atoms with van der Waals surface area (Å²) in [6.07, 6.45) is 0. The first-order valence-electron chi connectivity index (χ1n) is 11.2. The summed E-state index contributed by atoms with van der Waals surface area (Å²) in [5.74, 6) is -8.31. The molecule has 0 bridgehead atoms. The van der Waals surface area contributed by atoms with Crippen molar-refractivity contribution in [2.45, 2.75) is 0 Å². The molecule has 0 aromatic heterocycles. The fourth-order valence-corrected chi connectivity index (χ4v) is 2.66.